The summed E-state index contributed by atoms with van der Waals surface area (Å²) in [5, 5.41) is 10.2. The van der Waals surface area contributed by atoms with Crippen molar-refractivity contribution >= 4 is 16.9 Å². The maximum Gasteiger partial charge on any atom is 0.320 e. The number of aromatic amines is 1. The van der Waals surface area contributed by atoms with Crippen LogP contribution in [-0.4, -0.2) is 22.1 Å². The van der Waals surface area contributed by atoms with E-state index >= 15 is 0 Å². The van der Waals surface area contributed by atoms with Crippen molar-refractivity contribution in [1.29, 1.82) is 0 Å². The number of fused-ring (bicyclic) bond motifs is 1. The third-order valence-corrected chi connectivity index (χ3v) is 4.13. The van der Waals surface area contributed by atoms with Crippen molar-refractivity contribution in [3.05, 3.63) is 35.5 Å². The van der Waals surface area contributed by atoms with Gasteiger partial charge in [0.2, 0.25) is 0 Å². The Morgan fingerprint density at radius 3 is 2.67 bits per heavy atom. The van der Waals surface area contributed by atoms with Crippen LogP contribution in [0.25, 0.3) is 10.9 Å². The Morgan fingerprint density at radius 2 is 2.05 bits per heavy atom. The van der Waals surface area contributed by atoms with Gasteiger partial charge in [-0.05, 0) is 30.4 Å². The van der Waals surface area contributed by atoms with E-state index in [4.69, 9.17) is 10.8 Å². The van der Waals surface area contributed by atoms with Crippen LogP contribution in [0.1, 0.15) is 50.3 Å². The quantitative estimate of drug-likeness (QED) is 0.730. The lowest BCUT2D eigenvalue weighted by Gasteiger charge is -2.16. The van der Waals surface area contributed by atoms with Crippen LogP contribution < -0.4 is 5.73 Å². The number of rotatable bonds is 7. The molecule has 1 aromatic heterocycles. The molecule has 0 radical (unpaired) electrons. The first-order valence-electron chi connectivity index (χ1n) is 7.66. The number of aromatic nitrogens is 1. The van der Waals surface area contributed by atoms with Gasteiger partial charge >= 0.3 is 5.97 Å². The van der Waals surface area contributed by atoms with Gasteiger partial charge in [0, 0.05) is 23.0 Å². The zero-order chi connectivity index (χ0) is 15.4. The lowest BCUT2D eigenvalue weighted by atomic mass is 9.91. The molecule has 0 spiro atoms. The predicted molar refractivity (Wildman–Crippen MR) is 85.6 cm³/mol. The van der Waals surface area contributed by atoms with Gasteiger partial charge in [-0.3, -0.25) is 4.79 Å². The molecular weight excluding hydrogens is 264 g/mol. The molecule has 1 unspecified atom stereocenters. The highest BCUT2D eigenvalue weighted by Gasteiger charge is 2.22. The lowest BCUT2D eigenvalue weighted by molar-refractivity contribution is -0.138. The summed E-state index contributed by atoms with van der Waals surface area (Å²) in [7, 11) is 0. The Bertz CT molecular complexity index is 618. The molecule has 0 saturated heterocycles. The number of hydrogen-bond donors (Lipinski definition) is 3. The number of carboxylic acid groups (broad SMARTS) is 1. The molecule has 0 fully saturated rings. The molecule has 4 N–H and O–H groups in total. The first-order chi connectivity index (χ1) is 10.1. The second-order valence-corrected chi connectivity index (χ2v) is 5.61. The van der Waals surface area contributed by atoms with Crippen LogP contribution in [0.5, 0.6) is 0 Å². The lowest BCUT2D eigenvalue weighted by Crippen LogP contribution is -2.32. The fraction of sp³-hybridized carbons (Fsp3) is 0.471. The maximum absolute atomic E-state index is 11.1. The van der Waals surface area contributed by atoms with Crippen molar-refractivity contribution < 1.29 is 9.90 Å². The van der Waals surface area contributed by atoms with Gasteiger partial charge < -0.3 is 15.8 Å². The molecule has 21 heavy (non-hydrogen) atoms. The van der Waals surface area contributed by atoms with Gasteiger partial charge in [-0.2, -0.15) is 0 Å². The van der Waals surface area contributed by atoms with E-state index in [2.05, 4.69) is 18.8 Å². The number of carboxylic acids is 1. The second-order valence-electron chi connectivity index (χ2n) is 5.61. The highest BCUT2D eigenvalue weighted by Crippen LogP contribution is 2.32. The van der Waals surface area contributed by atoms with Crippen molar-refractivity contribution in [2.24, 2.45) is 5.73 Å². The molecule has 0 amide bonds. The fourth-order valence-corrected chi connectivity index (χ4v) is 3.00. The van der Waals surface area contributed by atoms with E-state index in [-0.39, 0.29) is 0 Å². The number of carbonyl (C=O) groups is 1. The first-order valence-corrected chi connectivity index (χ1v) is 7.66. The summed E-state index contributed by atoms with van der Waals surface area (Å²) in [6.07, 6.45) is 3.61. The topological polar surface area (TPSA) is 79.1 Å². The summed E-state index contributed by atoms with van der Waals surface area (Å²) in [6, 6.07) is 7.19. The van der Waals surface area contributed by atoms with E-state index in [1.54, 1.807) is 0 Å². The van der Waals surface area contributed by atoms with Gasteiger partial charge in [0.25, 0.3) is 0 Å². The molecule has 0 bridgehead atoms. The Morgan fingerprint density at radius 1 is 1.33 bits per heavy atom. The van der Waals surface area contributed by atoms with Gasteiger partial charge in [0.05, 0.1) is 0 Å². The van der Waals surface area contributed by atoms with Crippen LogP contribution in [-0.2, 0) is 11.2 Å². The highest BCUT2D eigenvalue weighted by molar-refractivity contribution is 5.86. The Kier molecular flexibility index (Phi) is 5.02. The van der Waals surface area contributed by atoms with Crippen molar-refractivity contribution in [3.8, 4) is 0 Å². The summed E-state index contributed by atoms with van der Waals surface area (Å²) < 4.78 is 0. The summed E-state index contributed by atoms with van der Waals surface area (Å²) in [5.41, 5.74) is 9.07. The van der Waals surface area contributed by atoms with Crippen LogP contribution >= 0.6 is 0 Å². The van der Waals surface area contributed by atoms with Gasteiger partial charge in [-0.1, -0.05) is 38.5 Å². The standard InChI is InChI=1S/C17H24N2O2/c1-3-7-11(4-2)16-13(10-14(18)17(20)21)12-8-5-6-9-15(12)19-16/h5-6,8-9,11,14,19H,3-4,7,10,18H2,1-2H3,(H,20,21)/t11?,14-/m1/s1. The highest BCUT2D eigenvalue weighted by atomic mass is 16.4. The number of hydrogen-bond acceptors (Lipinski definition) is 2. The number of H-pyrrole nitrogens is 1. The first kappa shape index (κ1) is 15.6. The van der Waals surface area contributed by atoms with E-state index in [0.717, 1.165) is 41.4 Å². The molecule has 4 heteroatoms. The van der Waals surface area contributed by atoms with E-state index in [1.165, 1.54) is 0 Å². The fourth-order valence-electron chi connectivity index (χ4n) is 3.00. The number of aliphatic carboxylic acids is 1. The summed E-state index contributed by atoms with van der Waals surface area (Å²) in [4.78, 5) is 14.6. The molecule has 0 aliphatic rings. The number of nitrogens with one attached hydrogen (secondary N) is 1. The smallest absolute Gasteiger partial charge is 0.320 e. The second kappa shape index (κ2) is 6.76. The van der Waals surface area contributed by atoms with Crippen LogP contribution in [0.15, 0.2) is 24.3 Å². The monoisotopic (exact) mass is 288 g/mol. The minimum absolute atomic E-state index is 0.370. The van der Waals surface area contributed by atoms with E-state index in [1.807, 2.05) is 24.3 Å². The van der Waals surface area contributed by atoms with Crippen molar-refractivity contribution in [2.45, 2.75) is 51.5 Å². The van der Waals surface area contributed by atoms with Crippen LogP contribution in [0.2, 0.25) is 0 Å². The molecule has 2 atom stereocenters. The van der Waals surface area contributed by atoms with Gasteiger partial charge in [0.15, 0.2) is 0 Å². The zero-order valence-electron chi connectivity index (χ0n) is 12.7. The van der Waals surface area contributed by atoms with Gasteiger partial charge in [-0.15, -0.1) is 0 Å². The minimum atomic E-state index is -0.949. The Hall–Kier alpha value is -1.81. The van der Waals surface area contributed by atoms with Crippen LogP contribution in [0.4, 0.5) is 0 Å². The third-order valence-electron chi connectivity index (χ3n) is 4.13. The molecule has 0 saturated carbocycles. The summed E-state index contributed by atoms with van der Waals surface area (Å²) in [6.45, 7) is 4.35. The van der Waals surface area contributed by atoms with Gasteiger partial charge in [0.1, 0.15) is 6.04 Å². The van der Waals surface area contributed by atoms with E-state index in [9.17, 15) is 4.79 Å². The van der Waals surface area contributed by atoms with Crippen molar-refractivity contribution in [2.75, 3.05) is 0 Å². The number of para-hydroxylation sites is 1. The molecule has 0 aliphatic heterocycles. The average Bonchev–Trinajstić information content (AvgIpc) is 2.83. The molecular formula is C17H24N2O2. The SMILES string of the molecule is CCCC(CC)c1[nH]c2ccccc2c1C[C@@H](N)C(=O)O. The number of nitrogens with two attached hydrogens (primary N) is 1. The summed E-state index contributed by atoms with van der Waals surface area (Å²) >= 11 is 0. The zero-order valence-corrected chi connectivity index (χ0v) is 12.7. The van der Waals surface area contributed by atoms with Crippen LogP contribution in [0.3, 0.4) is 0 Å². The third kappa shape index (κ3) is 3.27. The van der Waals surface area contributed by atoms with E-state index in [0.29, 0.717) is 12.3 Å². The molecule has 1 heterocycles. The predicted octanol–water partition coefficient (Wildman–Crippen LogP) is 3.42. The maximum atomic E-state index is 11.1. The largest absolute Gasteiger partial charge is 0.480 e. The molecule has 2 rings (SSSR count). The summed E-state index contributed by atoms with van der Waals surface area (Å²) in [5.74, 6) is -0.520. The van der Waals surface area contributed by atoms with Crippen LogP contribution in [0, 0.1) is 0 Å². The molecule has 4 nitrogen and oxygen atoms in total. The number of benzene rings is 1. The van der Waals surface area contributed by atoms with Crippen molar-refractivity contribution in [3.63, 3.8) is 0 Å². The molecule has 2 aromatic rings. The van der Waals surface area contributed by atoms with E-state index < -0.39 is 12.0 Å². The average molecular weight is 288 g/mol. The molecule has 1 aromatic carbocycles. The normalized spacial score (nSPS) is 14.2. The van der Waals surface area contributed by atoms with Gasteiger partial charge in [-0.25, -0.2) is 0 Å². The molecule has 0 aliphatic carbocycles. The Balaban J connectivity index is 2.49. The molecule has 114 valence electrons. The minimum Gasteiger partial charge on any atom is -0.480 e. The van der Waals surface area contributed by atoms with Crippen molar-refractivity contribution in [1.82, 2.24) is 4.98 Å². The Labute approximate surface area is 125 Å².